The highest BCUT2D eigenvalue weighted by Gasteiger charge is 2.33. The van der Waals surface area contributed by atoms with Crippen LogP contribution in [-0.2, 0) is 0 Å². The summed E-state index contributed by atoms with van der Waals surface area (Å²) in [6.07, 6.45) is -0.0490. The molecule has 1 amide bonds. The maximum absolute atomic E-state index is 13.0. The summed E-state index contributed by atoms with van der Waals surface area (Å²) in [7, 11) is 0. The number of nitrogens with one attached hydrogen (secondary N) is 1. The number of nitrogens with zero attached hydrogens (tertiary/aromatic N) is 5. The van der Waals surface area contributed by atoms with Crippen LogP contribution in [-0.4, -0.2) is 38.1 Å². The lowest BCUT2D eigenvalue weighted by Gasteiger charge is -2.16. The van der Waals surface area contributed by atoms with E-state index in [0.29, 0.717) is 21.7 Å². The molecule has 0 aliphatic heterocycles. The number of halogens is 3. The van der Waals surface area contributed by atoms with Gasteiger partial charge in [0, 0.05) is 17.5 Å². The van der Waals surface area contributed by atoms with Crippen LogP contribution in [0, 0.1) is 11.3 Å². The number of rotatable bonds is 8. The number of hydrogen-bond acceptors (Lipinski definition) is 8. The smallest absolute Gasteiger partial charge is 0.490 e. The van der Waals surface area contributed by atoms with E-state index in [9.17, 15) is 18.0 Å². The maximum atomic E-state index is 13.0. The van der Waals surface area contributed by atoms with E-state index in [1.807, 2.05) is 6.07 Å². The first-order valence-electron chi connectivity index (χ1n) is 10.9. The van der Waals surface area contributed by atoms with Gasteiger partial charge in [0.05, 0.1) is 18.3 Å². The molecule has 35 heavy (non-hydrogen) atoms. The molecule has 9 nitrogen and oxygen atoms in total. The van der Waals surface area contributed by atoms with Crippen LogP contribution in [0.4, 0.5) is 13.2 Å². The molecule has 1 aromatic carbocycles. The molecule has 0 radical (unpaired) electrons. The van der Waals surface area contributed by atoms with Crippen molar-refractivity contribution >= 4 is 17.2 Å². The molecule has 2 heterocycles. The number of nitriles is 1. The van der Waals surface area contributed by atoms with Crippen LogP contribution < -0.4 is 14.8 Å². The molecule has 2 aromatic heterocycles. The Morgan fingerprint density at radius 2 is 2.00 bits per heavy atom. The minimum absolute atomic E-state index is 0.0521. The van der Waals surface area contributed by atoms with E-state index in [1.165, 1.54) is 16.9 Å². The number of hydrogen-bond donors (Lipinski definition) is 1. The van der Waals surface area contributed by atoms with E-state index in [1.54, 1.807) is 6.92 Å². The molecule has 13 heteroatoms. The second kappa shape index (κ2) is 8.84. The minimum atomic E-state index is -4.91. The second-order valence-electron chi connectivity index (χ2n) is 8.39. The Balaban J connectivity index is 1.41. The monoisotopic (exact) mass is 504 g/mol. The van der Waals surface area contributed by atoms with Crippen molar-refractivity contribution in [2.24, 2.45) is 0 Å². The van der Waals surface area contributed by atoms with E-state index in [2.05, 4.69) is 25.1 Å². The van der Waals surface area contributed by atoms with Crippen molar-refractivity contribution in [3.8, 4) is 22.7 Å². The van der Waals surface area contributed by atoms with Gasteiger partial charge in [0.1, 0.15) is 22.4 Å². The first-order chi connectivity index (χ1) is 16.7. The molecule has 0 unspecified atom stereocenters. The molecule has 1 N–H and O–H groups in total. The van der Waals surface area contributed by atoms with Gasteiger partial charge in [-0.05, 0) is 44.7 Å². The molecule has 2 fully saturated rings. The summed E-state index contributed by atoms with van der Waals surface area (Å²) in [5.41, 5.74) is -0.0521. The zero-order chi connectivity index (χ0) is 24.7. The van der Waals surface area contributed by atoms with E-state index in [-0.39, 0.29) is 23.3 Å². The van der Waals surface area contributed by atoms with Gasteiger partial charge in [-0.2, -0.15) is 9.94 Å². The Hall–Kier alpha value is -3.66. The third kappa shape index (κ3) is 5.54. The quantitative estimate of drug-likeness (QED) is 0.483. The Kier molecular flexibility index (Phi) is 5.84. The van der Waals surface area contributed by atoms with Crippen molar-refractivity contribution in [1.82, 2.24) is 25.1 Å². The fraction of sp³-hybridized carbons (Fsp3) is 0.409. The van der Waals surface area contributed by atoms with Crippen molar-refractivity contribution < 1.29 is 27.4 Å². The summed E-state index contributed by atoms with van der Waals surface area (Å²) in [6, 6.07) is 4.86. The molecule has 0 spiro atoms. The number of amides is 1. The zero-order valence-corrected chi connectivity index (χ0v) is 19.2. The van der Waals surface area contributed by atoms with E-state index < -0.39 is 24.1 Å². The normalized spacial score (nSPS) is 16.4. The van der Waals surface area contributed by atoms with Crippen LogP contribution in [0.2, 0.25) is 0 Å². The van der Waals surface area contributed by atoms with Crippen molar-refractivity contribution in [2.75, 3.05) is 0 Å². The van der Waals surface area contributed by atoms with Crippen LogP contribution in [0.3, 0.4) is 0 Å². The van der Waals surface area contributed by atoms with Crippen LogP contribution in [0.15, 0.2) is 24.4 Å². The molecule has 0 bridgehead atoms. The predicted octanol–water partition coefficient (Wildman–Crippen LogP) is 4.40. The van der Waals surface area contributed by atoms with E-state index >= 15 is 0 Å². The van der Waals surface area contributed by atoms with Crippen molar-refractivity contribution in [3.05, 3.63) is 46.5 Å². The third-order valence-electron chi connectivity index (χ3n) is 5.31. The van der Waals surface area contributed by atoms with Crippen molar-refractivity contribution in [1.29, 1.82) is 5.26 Å². The summed E-state index contributed by atoms with van der Waals surface area (Å²) in [5.74, 6) is 0.195. The molecule has 0 saturated heterocycles. The fourth-order valence-corrected chi connectivity index (χ4v) is 4.05. The summed E-state index contributed by atoms with van der Waals surface area (Å²) in [5, 5.41) is 16.8. The molecule has 2 aliphatic carbocycles. The summed E-state index contributed by atoms with van der Waals surface area (Å²) < 4.78 is 49.6. The molecule has 2 saturated carbocycles. The average Bonchev–Trinajstić information content (AvgIpc) is 3.71. The van der Waals surface area contributed by atoms with Gasteiger partial charge < -0.3 is 14.8 Å². The molecule has 5 rings (SSSR count). The van der Waals surface area contributed by atoms with Gasteiger partial charge in [0.15, 0.2) is 11.6 Å². The molecular weight excluding hydrogens is 485 g/mol. The standard InChI is InChI=1S/C22H19F3N6O3S/c1-11(19-29-18(12-2-3-12)30-31(19)21-27-10-17(9-26)35-21)28-20(32)13-6-15(33-14-4-5-14)8-16(7-13)34-22(23,24)25/h6-8,10-12,14H,2-5H2,1H3,(H,28,32)/t11-/m0/s1. The number of benzene rings is 1. The number of ether oxygens (including phenoxy) is 2. The molecule has 1 atom stereocenters. The van der Waals surface area contributed by atoms with Gasteiger partial charge in [-0.1, -0.05) is 11.3 Å². The Morgan fingerprint density at radius 1 is 1.26 bits per heavy atom. The lowest BCUT2D eigenvalue weighted by molar-refractivity contribution is -0.274. The highest BCUT2D eigenvalue weighted by molar-refractivity contribution is 7.14. The molecule has 2 aliphatic rings. The maximum Gasteiger partial charge on any atom is 0.573 e. The summed E-state index contributed by atoms with van der Waals surface area (Å²) in [4.78, 5) is 22.2. The predicted molar refractivity (Wildman–Crippen MR) is 116 cm³/mol. The van der Waals surface area contributed by atoms with Gasteiger partial charge in [-0.15, -0.1) is 18.3 Å². The second-order valence-corrected chi connectivity index (χ2v) is 9.40. The van der Waals surface area contributed by atoms with Crippen LogP contribution >= 0.6 is 11.3 Å². The summed E-state index contributed by atoms with van der Waals surface area (Å²) >= 11 is 1.13. The number of carbonyl (C=O) groups excluding carboxylic acids is 1. The first kappa shape index (κ1) is 23.1. The number of carbonyl (C=O) groups is 1. The topological polar surface area (TPSA) is 115 Å². The Morgan fingerprint density at radius 3 is 2.63 bits per heavy atom. The average molecular weight is 504 g/mol. The third-order valence-corrected chi connectivity index (χ3v) is 6.19. The number of alkyl halides is 3. The van der Waals surface area contributed by atoms with Gasteiger partial charge in [-0.25, -0.2) is 9.97 Å². The lowest BCUT2D eigenvalue weighted by atomic mass is 10.1. The van der Waals surface area contributed by atoms with Gasteiger partial charge in [-0.3, -0.25) is 4.79 Å². The van der Waals surface area contributed by atoms with Gasteiger partial charge in [0.25, 0.3) is 5.91 Å². The Labute approximate surface area is 201 Å². The Bertz CT molecular complexity index is 1310. The zero-order valence-electron chi connectivity index (χ0n) is 18.4. The largest absolute Gasteiger partial charge is 0.573 e. The van der Waals surface area contributed by atoms with Crippen molar-refractivity contribution in [2.45, 2.75) is 57.0 Å². The first-order valence-corrected chi connectivity index (χ1v) is 11.7. The van der Waals surface area contributed by atoms with Crippen LogP contribution in [0.25, 0.3) is 5.13 Å². The fourth-order valence-electron chi connectivity index (χ4n) is 3.38. The number of thiazole rings is 1. The molecular formula is C22H19F3N6O3S. The van der Waals surface area contributed by atoms with Gasteiger partial charge in [0.2, 0.25) is 5.13 Å². The highest BCUT2D eigenvalue weighted by Crippen LogP contribution is 2.39. The van der Waals surface area contributed by atoms with E-state index in [0.717, 1.165) is 49.2 Å². The van der Waals surface area contributed by atoms with Gasteiger partial charge >= 0.3 is 6.36 Å². The lowest BCUT2D eigenvalue weighted by Crippen LogP contribution is -2.29. The SMILES string of the molecule is C[C@H](NC(=O)c1cc(OC2CC2)cc(OC(F)(F)F)c1)c1nc(C2CC2)nn1-c1ncc(C#N)s1. The highest BCUT2D eigenvalue weighted by atomic mass is 32.1. The molecule has 3 aromatic rings. The van der Waals surface area contributed by atoms with Crippen LogP contribution in [0.1, 0.15) is 71.5 Å². The molecule has 182 valence electrons. The van der Waals surface area contributed by atoms with Crippen molar-refractivity contribution in [3.63, 3.8) is 0 Å². The van der Waals surface area contributed by atoms with E-state index in [4.69, 9.17) is 10.00 Å². The minimum Gasteiger partial charge on any atom is -0.490 e. The number of aromatic nitrogens is 4. The van der Waals surface area contributed by atoms with Crippen LogP contribution in [0.5, 0.6) is 11.5 Å². The summed E-state index contributed by atoms with van der Waals surface area (Å²) in [6.45, 7) is 1.69.